The average molecular weight is 485 g/mol. The molecule has 2 aromatic carbocycles. The van der Waals surface area contributed by atoms with Crippen LogP contribution in [0.1, 0.15) is 22.3 Å². The Morgan fingerprint density at radius 1 is 1.09 bits per heavy atom. The van der Waals surface area contributed by atoms with E-state index in [4.69, 9.17) is 0 Å². The molecule has 0 unspecified atom stereocenters. The van der Waals surface area contributed by atoms with Crippen LogP contribution in [0.4, 0.5) is 29.1 Å². The van der Waals surface area contributed by atoms with Crippen LogP contribution >= 0.6 is 0 Å². The Labute approximate surface area is 184 Å². The van der Waals surface area contributed by atoms with Crippen molar-refractivity contribution in [3.8, 4) is 5.88 Å². The van der Waals surface area contributed by atoms with E-state index in [0.29, 0.717) is 24.1 Å². The summed E-state index contributed by atoms with van der Waals surface area (Å²) in [7, 11) is -4.88. The van der Waals surface area contributed by atoms with E-state index in [-0.39, 0.29) is 29.0 Å². The molecule has 0 saturated carbocycles. The smallest absolute Gasteiger partial charge is 0.465 e. The van der Waals surface area contributed by atoms with Gasteiger partial charge < -0.3 is 13.8 Å². The summed E-state index contributed by atoms with van der Waals surface area (Å²) in [6.07, 6.45) is 0.970. The van der Waals surface area contributed by atoms with Crippen molar-refractivity contribution in [3.05, 3.63) is 53.3 Å². The number of halogens is 4. The van der Waals surface area contributed by atoms with Crippen LogP contribution in [0, 0.1) is 5.82 Å². The van der Waals surface area contributed by atoms with Crippen molar-refractivity contribution in [1.82, 2.24) is 9.97 Å². The number of aryl methyl sites for hydroxylation is 1. The van der Waals surface area contributed by atoms with Gasteiger partial charge in [-0.15, -0.1) is 0 Å². The molecule has 1 aliphatic heterocycles. The van der Waals surface area contributed by atoms with E-state index in [1.54, 1.807) is 0 Å². The van der Waals surface area contributed by atoms with Crippen LogP contribution < -0.4 is 9.08 Å². The number of anilines is 2. The van der Waals surface area contributed by atoms with E-state index < -0.39 is 33.3 Å². The maximum atomic E-state index is 13.7. The molecule has 3 aromatic rings. The van der Waals surface area contributed by atoms with Crippen molar-refractivity contribution >= 4 is 38.6 Å². The third kappa shape index (κ3) is 4.27. The number of aromatic nitrogens is 2. The Morgan fingerprint density at radius 2 is 1.85 bits per heavy atom. The van der Waals surface area contributed by atoms with Gasteiger partial charge in [0.1, 0.15) is 5.82 Å². The normalized spacial score (nSPS) is 14.2. The summed E-state index contributed by atoms with van der Waals surface area (Å²) < 4.78 is 85.2. The lowest BCUT2D eigenvalue weighted by atomic mass is 10.0. The first kappa shape index (κ1) is 22.7. The number of ether oxygens (including phenoxy) is 1. The molecule has 0 spiro atoms. The minimum absolute atomic E-state index is 0.0184. The van der Waals surface area contributed by atoms with Gasteiger partial charge in [0.05, 0.1) is 23.7 Å². The second-order valence-corrected chi connectivity index (χ2v) is 8.60. The quantitative estimate of drug-likeness (QED) is 0.238. The van der Waals surface area contributed by atoms with E-state index in [9.17, 15) is 30.8 Å². The Bertz CT molecular complexity index is 1360. The molecule has 13 heteroatoms. The second-order valence-electron chi connectivity index (χ2n) is 7.06. The standard InChI is InChI=1S/C20H15F4N3O5S/c1-31-19(28)12-4-6-14-15(10-12)25-17(18(26-14)32-33(29,30)20(22,23)24)27-8-2-3-11-9-13(21)5-7-16(11)27/h4-7,9-10H,2-3,8H2,1H3. The summed E-state index contributed by atoms with van der Waals surface area (Å²) in [4.78, 5) is 21.5. The zero-order valence-electron chi connectivity index (χ0n) is 16.9. The fraction of sp³-hybridized carbons (Fsp3) is 0.250. The van der Waals surface area contributed by atoms with Gasteiger partial charge in [0, 0.05) is 12.2 Å². The number of hydrogen-bond donors (Lipinski definition) is 0. The first-order chi connectivity index (χ1) is 15.5. The van der Waals surface area contributed by atoms with Crippen LogP contribution in [0.15, 0.2) is 36.4 Å². The van der Waals surface area contributed by atoms with Crippen LogP contribution in [0.5, 0.6) is 5.88 Å². The SMILES string of the molecule is COC(=O)c1ccc2nc(OS(=O)(=O)C(F)(F)F)c(N3CCCc4cc(F)ccc43)nc2c1. The molecule has 2 heterocycles. The Morgan fingerprint density at radius 3 is 2.55 bits per heavy atom. The molecule has 8 nitrogen and oxygen atoms in total. The lowest BCUT2D eigenvalue weighted by Crippen LogP contribution is -2.31. The Hall–Kier alpha value is -3.48. The zero-order valence-corrected chi connectivity index (χ0v) is 17.7. The minimum Gasteiger partial charge on any atom is -0.465 e. The summed E-state index contributed by atoms with van der Waals surface area (Å²) in [5.41, 5.74) is -4.57. The first-order valence-electron chi connectivity index (χ1n) is 9.47. The van der Waals surface area contributed by atoms with Crippen molar-refractivity contribution in [2.75, 3.05) is 18.6 Å². The Kier molecular flexibility index (Phi) is 5.60. The largest absolute Gasteiger partial charge is 0.534 e. The van der Waals surface area contributed by atoms with E-state index in [1.165, 1.54) is 42.3 Å². The second kappa shape index (κ2) is 8.14. The Balaban J connectivity index is 1.93. The summed E-state index contributed by atoms with van der Waals surface area (Å²) in [6.45, 7) is 0.220. The molecule has 0 fully saturated rings. The molecule has 1 aliphatic rings. The van der Waals surface area contributed by atoms with Crippen LogP contribution in [-0.4, -0.2) is 43.5 Å². The molecule has 1 aromatic heterocycles. The number of carbonyl (C=O) groups excluding carboxylic acids is 1. The van der Waals surface area contributed by atoms with Gasteiger partial charge in [-0.2, -0.15) is 21.6 Å². The molecular weight excluding hydrogens is 470 g/mol. The summed E-state index contributed by atoms with van der Waals surface area (Å²) in [5, 5.41) is 0. The third-order valence-corrected chi connectivity index (χ3v) is 5.87. The topological polar surface area (TPSA) is 98.7 Å². The van der Waals surface area contributed by atoms with Gasteiger partial charge in [-0.3, -0.25) is 0 Å². The number of nitrogens with zero attached hydrogens (tertiary/aromatic N) is 3. The fourth-order valence-electron chi connectivity index (χ4n) is 3.44. The first-order valence-corrected chi connectivity index (χ1v) is 10.9. The highest BCUT2D eigenvalue weighted by Gasteiger charge is 2.49. The van der Waals surface area contributed by atoms with E-state index in [1.807, 2.05) is 0 Å². The molecule has 0 bridgehead atoms. The highest BCUT2D eigenvalue weighted by molar-refractivity contribution is 7.88. The van der Waals surface area contributed by atoms with E-state index in [0.717, 1.165) is 6.07 Å². The van der Waals surface area contributed by atoms with Crippen LogP contribution in [0.3, 0.4) is 0 Å². The summed E-state index contributed by atoms with van der Waals surface area (Å²) in [6, 6.07) is 7.71. The van der Waals surface area contributed by atoms with Crippen molar-refractivity contribution in [2.24, 2.45) is 0 Å². The molecule has 0 saturated heterocycles. The summed E-state index contributed by atoms with van der Waals surface area (Å²) >= 11 is 0. The zero-order chi connectivity index (χ0) is 24.0. The van der Waals surface area contributed by atoms with Crippen molar-refractivity contribution in [2.45, 2.75) is 18.3 Å². The van der Waals surface area contributed by atoms with Gasteiger partial charge in [-0.1, -0.05) is 0 Å². The lowest BCUT2D eigenvalue weighted by Gasteiger charge is -2.31. The number of hydrogen-bond acceptors (Lipinski definition) is 8. The van der Waals surface area contributed by atoms with E-state index in [2.05, 4.69) is 18.9 Å². The monoisotopic (exact) mass is 485 g/mol. The number of benzene rings is 2. The van der Waals surface area contributed by atoms with Crippen LogP contribution in [0.2, 0.25) is 0 Å². The maximum absolute atomic E-state index is 13.7. The van der Waals surface area contributed by atoms with Gasteiger partial charge in [0.15, 0.2) is 5.82 Å². The van der Waals surface area contributed by atoms with Gasteiger partial charge in [-0.05, 0) is 54.8 Å². The number of rotatable bonds is 4. The van der Waals surface area contributed by atoms with Gasteiger partial charge in [0.2, 0.25) is 0 Å². The number of fused-ring (bicyclic) bond motifs is 2. The molecule has 0 aliphatic carbocycles. The molecule has 0 N–H and O–H groups in total. The molecule has 33 heavy (non-hydrogen) atoms. The molecule has 0 radical (unpaired) electrons. The van der Waals surface area contributed by atoms with Crippen molar-refractivity contribution < 1.29 is 39.7 Å². The van der Waals surface area contributed by atoms with Gasteiger partial charge in [0.25, 0.3) is 5.88 Å². The molecule has 0 amide bonds. The van der Waals surface area contributed by atoms with E-state index >= 15 is 0 Å². The van der Waals surface area contributed by atoms with Crippen LogP contribution in [-0.2, 0) is 21.3 Å². The number of methoxy groups -OCH3 is 1. The van der Waals surface area contributed by atoms with Crippen molar-refractivity contribution in [1.29, 1.82) is 0 Å². The molecule has 174 valence electrons. The predicted molar refractivity (Wildman–Crippen MR) is 108 cm³/mol. The maximum Gasteiger partial charge on any atom is 0.534 e. The molecular formula is C20H15F4N3O5S. The highest BCUT2D eigenvalue weighted by atomic mass is 32.2. The van der Waals surface area contributed by atoms with Gasteiger partial charge >= 0.3 is 21.6 Å². The number of carbonyl (C=O) groups is 1. The minimum atomic E-state index is -6.05. The molecule has 4 rings (SSSR count). The van der Waals surface area contributed by atoms with Crippen molar-refractivity contribution in [3.63, 3.8) is 0 Å². The summed E-state index contributed by atoms with van der Waals surface area (Å²) in [5.74, 6) is -2.41. The number of alkyl halides is 3. The fourth-order valence-corrected chi connectivity index (χ4v) is 3.86. The van der Waals surface area contributed by atoms with Gasteiger partial charge in [-0.25, -0.2) is 19.2 Å². The van der Waals surface area contributed by atoms with Crippen LogP contribution in [0.25, 0.3) is 11.0 Å². The highest BCUT2D eigenvalue weighted by Crippen LogP contribution is 2.39. The third-order valence-electron chi connectivity index (χ3n) is 4.92. The average Bonchev–Trinajstić information content (AvgIpc) is 2.76. The molecule has 0 atom stereocenters. The lowest BCUT2D eigenvalue weighted by molar-refractivity contribution is -0.0501. The predicted octanol–water partition coefficient (Wildman–Crippen LogP) is 3.87. The number of esters is 1.